The Morgan fingerprint density at radius 1 is 1.13 bits per heavy atom. The summed E-state index contributed by atoms with van der Waals surface area (Å²) in [4.78, 5) is 5.38. The highest BCUT2D eigenvalue weighted by molar-refractivity contribution is 5.45. The van der Waals surface area contributed by atoms with E-state index in [1.807, 2.05) is 0 Å². The van der Waals surface area contributed by atoms with Crippen LogP contribution in [-0.4, -0.2) is 14.7 Å². The number of aliphatic hydroxyl groups excluding tert-OH is 1. The van der Waals surface area contributed by atoms with Gasteiger partial charge in [0.05, 0.1) is 17.3 Å². The van der Waals surface area contributed by atoms with E-state index < -0.39 is 0 Å². The fourth-order valence-corrected chi connectivity index (χ4v) is 6.48. The first-order chi connectivity index (χ1) is 14.5. The second-order valence-corrected chi connectivity index (χ2v) is 9.77. The Bertz CT molecular complexity index is 1020. The Morgan fingerprint density at radius 2 is 1.87 bits per heavy atom. The van der Waals surface area contributed by atoms with E-state index in [0.29, 0.717) is 29.6 Å². The third-order valence-electron chi connectivity index (χ3n) is 8.06. The van der Waals surface area contributed by atoms with Crippen LogP contribution in [-0.2, 0) is 11.8 Å². The fraction of sp³-hybridized carbons (Fsp3) is 0.538. The first kappa shape index (κ1) is 19.4. The molecule has 3 aliphatic carbocycles. The van der Waals surface area contributed by atoms with Crippen molar-refractivity contribution in [1.82, 2.24) is 9.55 Å². The van der Waals surface area contributed by atoms with Gasteiger partial charge < -0.3 is 9.67 Å². The van der Waals surface area contributed by atoms with Crippen molar-refractivity contribution in [1.29, 1.82) is 5.26 Å². The lowest BCUT2D eigenvalue weighted by molar-refractivity contribution is 0.135. The highest BCUT2D eigenvalue weighted by Crippen LogP contribution is 2.54. The smallest absolute Gasteiger partial charge is 0.116 e. The number of imidazole rings is 1. The standard InChI is InChI=1S/C26H31N3O/c1-17-21-13-14-22-24(26(21,2)15-19(16-27)23(17)30)28-25(18-9-5-3-6-10-18)29(22)20-11-7-4-8-12-20/h4,7-8,11-12,17-18,21,30H,3,5-6,9-10,13-15H2,1-2H3/t17-,21-,26-/m1/s1. The van der Waals surface area contributed by atoms with E-state index in [0.717, 1.165) is 12.8 Å². The molecule has 3 aliphatic rings. The van der Waals surface area contributed by atoms with Crippen LogP contribution in [0.4, 0.5) is 0 Å². The predicted molar refractivity (Wildman–Crippen MR) is 118 cm³/mol. The van der Waals surface area contributed by atoms with Crippen LogP contribution in [0.5, 0.6) is 0 Å². The molecule has 0 aliphatic heterocycles. The molecule has 1 aromatic heterocycles. The van der Waals surface area contributed by atoms with Gasteiger partial charge in [-0.15, -0.1) is 0 Å². The number of fused-ring (bicyclic) bond motifs is 3. The maximum absolute atomic E-state index is 10.6. The van der Waals surface area contributed by atoms with Crippen LogP contribution in [0.25, 0.3) is 5.69 Å². The lowest BCUT2D eigenvalue weighted by Crippen LogP contribution is -2.44. The molecule has 1 N–H and O–H groups in total. The highest BCUT2D eigenvalue weighted by atomic mass is 16.3. The first-order valence-corrected chi connectivity index (χ1v) is 11.5. The van der Waals surface area contributed by atoms with Crippen molar-refractivity contribution in [3.05, 3.63) is 58.9 Å². The number of nitriles is 1. The molecule has 1 saturated carbocycles. The largest absolute Gasteiger partial charge is 0.511 e. The number of rotatable bonds is 2. The molecule has 1 fully saturated rings. The van der Waals surface area contributed by atoms with Gasteiger partial charge in [-0.3, -0.25) is 0 Å². The van der Waals surface area contributed by atoms with Crippen molar-refractivity contribution in [2.24, 2.45) is 11.8 Å². The number of hydrogen-bond donors (Lipinski definition) is 1. The summed E-state index contributed by atoms with van der Waals surface area (Å²) in [5, 5.41) is 20.3. The molecule has 0 bridgehead atoms. The molecular weight excluding hydrogens is 370 g/mol. The average Bonchev–Trinajstić information content (AvgIpc) is 3.18. The Morgan fingerprint density at radius 3 is 2.57 bits per heavy atom. The van der Waals surface area contributed by atoms with Crippen LogP contribution < -0.4 is 0 Å². The molecule has 1 heterocycles. The van der Waals surface area contributed by atoms with Crippen molar-refractivity contribution in [3.63, 3.8) is 0 Å². The van der Waals surface area contributed by atoms with Crippen LogP contribution in [0.2, 0.25) is 0 Å². The van der Waals surface area contributed by atoms with Gasteiger partial charge in [-0.1, -0.05) is 51.3 Å². The Balaban J connectivity index is 1.70. The Kier molecular flexibility index (Phi) is 4.73. The summed E-state index contributed by atoms with van der Waals surface area (Å²) < 4.78 is 2.45. The number of allylic oxidation sites excluding steroid dienone is 2. The maximum atomic E-state index is 10.6. The van der Waals surface area contributed by atoms with Gasteiger partial charge in [-0.05, 0) is 50.2 Å². The zero-order chi connectivity index (χ0) is 20.9. The molecule has 30 heavy (non-hydrogen) atoms. The summed E-state index contributed by atoms with van der Waals surface area (Å²) >= 11 is 0. The third kappa shape index (κ3) is 2.82. The zero-order valence-electron chi connectivity index (χ0n) is 18.1. The van der Waals surface area contributed by atoms with Gasteiger partial charge in [-0.2, -0.15) is 5.26 Å². The lowest BCUT2D eigenvalue weighted by atomic mass is 9.57. The summed E-state index contributed by atoms with van der Waals surface area (Å²) in [7, 11) is 0. The van der Waals surface area contributed by atoms with Crippen LogP contribution in [0.3, 0.4) is 0 Å². The van der Waals surface area contributed by atoms with Crippen LogP contribution in [0, 0.1) is 23.2 Å². The van der Waals surface area contributed by atoms with E-state index >= 15 is 0 Å². The second-order valence-electron chi connectivity index (χ2n) is 9.77. The second kappa shape index (κ2) is 7.30. The molecule has 0 amide bonds. The maximum Gasteiger partial charge on any atom is 0.116 e. The van der Waals surface area contributed by atoms with Crippen molar-refractivity contribution in [2.45, 2.75) is 76.5 Å². The molecule has 0 unspecified atom stereocenters. The predicted octanol–water partition coefficient (Wildman–Crippen LogP) is 6.12. The van der Waals surface area contributed by atoms with Crippen molar-refractivity contribution in [2.75, 3.05) is 0 Å². The monoisotopic (exact) mass is 401 g/mol. The quantitative estimate of drug-likeness (QED) is 0.660. The third-order valence-corrected chi connectivity index (χ3v) is 8.06. The molecule has 5 rings (SSSR count). The summed E-state index contributed by atoms with van der Waals surface area (Å²) in [5.41, 5.74) is 4.05. The SMILES string of the molecule is C[C@H]1C(O)=C(C#N)C[C@@]2(C)c3nc(C4CCCCC4)n(-c4ccccc4)c3CC[C@H]12. The van der Waals surface area contributed by atoms with Crippen molar-refractivity contribution >= 4 is 0 Å². The van der Waals surface area contributed by atoms with E-state index in [-0.39, 0.29) is 11.3 Å². The van der Waals surface area contributed by atoms with E-state index in [1.54, 1.807) is 0 Å². The van der Waals surface area contributed by atoms with Gasteiger partial charge in [0.25, 0.3) is 0 Å². The Hall–Kier alpha value is -2.54. The molecule has 1 aromatic carbocycles. The van der Waals surface area contributed by atoms with Gasteiger partial charge >= 0.3 is 0 Å². The molecule has 2 aromatic rings. The normalized spacial score (nSPS) is 29.2. The average molecular weight is 402 g/mol. The van der Waals surface area contributed by atoms with Gasteiger partial charge in [-0.25, -0.2) is 4.98 Å². The Labute approximate surface area is 179 Å². The number of aliphatic hydroxyl groups is 1. The number of hydrogen-bond acceptors (Lipinski definition) is 3. The number of aromatic nitrogens is 2. The number of nitrogens with zero attached hydrogens (tertiary/aromatic N) is 3. The summed E-state index contributed by atoms with van der Waals surface area (Å²) in [5.74, 6) is 2.36. The molecular formula is C26H31N3O. The topological polar surface area (TPSA) is 61.8 Å². The summed E-state index contributed by atoms with van der Waals surface area (Å²) in [6.45, 7) is 4.36. The van der Waals surface area contributed by atoms with Crippen LogP contribution in [0.15, 0.2) is 41.7 Å². The minimum atomic E-state index is -0.201. The van der Waals surface area contributed by atoms with E-state index in [9.17, 15) is 10.4 Å². The van der Waals surface area contributed by atoms with E-state index in [2.05, 4.69) is 54.8 Å². The van der Waals surface area contributed by atoms with Gasteiger partial charge in [0, 0.05) is 28.6 Å². The molecule has 156 valence electrons. The van der Waals surface area contributed by atoms with Gasteiger partial charge in [0.2, 0.25) is 0 Å². The van der Waals surface area contributed by atoms with Crippen molar-refractivity contribution in [3.8, 4) is 11.8 Å². The lowest BCUT2D eigenvalue weighted by Gasteiger charge is -2.46. The van der Waals surface area contributed by atoms with Gasteiger partial charge in [0.15, 0.2) is 0 Å². The van der Waals surface area contributed by atoms with E-state index in [4.69, 9.17) is 4.98 Å². The number of benzene rings is 1. The van der Waals surface area contributed by atoms with E-state index in [1.165, 1.54) is 55.0 Å². The minimum absolute atomic E-state index is 0.00607. The minimum Gasteiger partial charge on any atom is -0.511 e. The molecule has 0 saturated heterocycles. The molecule has 0 spiro atoms. The molecule has 3 atom stereocenters. The first-order valence-electron chi connectivity index (χ1n) is 11.5. The number of para-hydroxylation sites is 1. The van der Waals surface area contributed by atoms with Crippen molar-refractivity contribution < 1.29 is 5.11 Å². The molecule has 4 nitrogen and oxygen atoms in total. The molecule has 0 radical (unpaired) electrons. The van der Waals surface area contributed by atoms with Crippen LogP contribution in [0.1, 0.15) is 81.9 Å². The summed E-state index contributed by atoms with van der Waals surface area (Å²) in [6, 6.07) is 13.0. The summed E-state index contributed by atoms with van der Waals surface area (Å²) in [6.07, 6.45) is 8.90. The molecule has 4 heteroatoms. The highest BCUT2D eigenvalue weighted by Gasteiger charge is 2.51. The zero-order valence-corrected chi connectivity index (χ0v) is 18.1. The van der Waals surface area contributed by atoms with Crippen LogP contribution >= 0.6 is 0 Å². The fourth-order valence-electron chi connectivity index (χ4n) is 6.48. The van der Waals surface area contributed by atoms with Gasteiger partial charge in [0.1, 0.15) is 11.6 Å².